The third-order valence-electron chi connectivity index (χ3n) is 3.59. The minimum Gasteiger partial charge on any atom is -0.497 e. The number of nitrogens with zero attached hydrogens (tertiary/aromatic N) is 2. The van der Waals surface area contributed by atoms with Gasteiger partial charge in [0.1, 0.15) is 5.75 Å². The maximum Gasteiger partial charge on any atom is 0.246 e. The molecule has 1 aromatic heterocycles. The van der Waals surface area contributed by atoms with Gasteiger partial charge in [0.15, 0.2) is 0 Å². The van der Waals surface area contributed by atoms with E-state index in [-0.39, 0.29) is 12.5 Å². The van der Waals surface area contributed by atoms with E-state index >= 15 is 0 Å². The smallest absolute Gasteiger partial charge is 0.246 e. The Morgan fingerprint density at radius 3 is 2.65 bits per heavy atom. The Balaban J connectivity index is 1.44. The van der Waals surface area contributed by atoms with E-state index in [9.17, 15) is 4.79 Å². The predicted octanol–water partition coefficient (Wildman–Crippen LogP) is 3.54. The van der Waals surface area contributed by atoms with Crippen molar-refractivity contribution >= 4 is 17.7 Å². The van der Waals surface area contributed by atoms with Crippen LogP contribution in [0, 0.1) is 0 Å². The lowest BCUT2D eigenvalue weighted by molar-refractivity contribution is -0.120. The molecule has 0 aliphatic carbocycles. The van der Waals surface area contributed by atoms with Crippen molar-refractivity contribution in [2.24, 2.45) is 0 Å². The van der Waals surface area contributed by atoms with Crippen LogP contribution in [0.15, 0.2) is 64.0 Å². The molecule has 0 spiro atoms. The summed E-state index contributed by atoms with van der Waals surface area (Å²) in [5, 5.41) is 6.74. The zero-order valence-electron chi connectivity index (χ0n) is 14.3. The first-order valence-corrected chi connectivity index (χ1v) is 9.15. The van der Waals surface area contributed by atoms with Crippen LogP contribution >= 0.6 is 11.8 Å². The lowest BCUT2D eigenvalue weighted by Gasteiger charge is -2.02. The molecule has 7 heteroatoms. The third-order valence-corrected chi connectivity index (χ3v) is 4.61. The summed E-state index contributed by atoms with van der Waals surface area (Å²) in [7, 11) is 1.61. The van der Waals surface area contributed by atoms with Gasteiger partial charge in [-0.05, 0) is 36.4 Å². The molecule has 0 aliphatic rings. The van der Waals surface area contributed by atoms with Crippen molar-refractivity contribution in [3.63, 3.8) is 0 Å². The number of carbonyl (C=O) groups is 1. The molecule has 0 fully saturated rings. The summed E-state index contributed by atoms with van der Waals surface area (Å²) in [4.78, 5) is 17.4. The Labute approximate surface area is 156 Å². The largest absolute Gasteiger partial charge is 0.497 e. The van der Waals surface area contributed by atoms with Crippen molar-refractivity contribution in [2.75, 3.05) is 12.9 Å². The second kappa shape index (κ2) is 9.05. The molecule has 6 nitrogen and oxygen atoms in total. The summed E-state index contributed by atoms with van der Waals surface area (Å²) in [6.45, 7) is 0.220. The Morgan fingerprint density at radius 1 is 1.15 bits per heavy atom. The van der Waals surface area contributed by atoms with Crippen molar-refractivity contribution in [3.05, 3.63) is 60.5 Å². The zero-order valence-corrected chi connectivity index (χ0v) is 15.2. The van der Waals surface area contributed by atoms with Gasteiger partial charge in [0, 0.05) is 22.6 Å². The number of hydrogen-bond acceptors (Lipinski definition) is 6. The molecule has 134 valence electrons. The fourth-order valence-electron chi connectivity index (χ4n) is 2.22. The molecule has 0 unspecified atom stereocenters. The fraction of sp³-hybridized carbons (Fsp3) is 0.211. The highest BCUT2D eigenvalue weighted by Gasteiger charge is 2.10. The lowest BCUT2D eigenvalue weighted by atomic mass is 10.2. The summed E-state index contributed by atoms with van der Waals surface area (Å²) >= 11 is 1.65. The molecule has 1 N–H and O–H groups in total. The van der Waals surface area contributed by atoms with E-state index in [0.717, 1.165) is 22.0 Å². The van der Waals surface area contributed by atoms with Crippen LogP contribution in [0.3, 0.4) is 0 Å². The summed E-state index contributed by atoms with van der Waals surface area (Å²) in [5.74, 6) is 2.30. The Kier molecular flexibility index (Phi) is 6.27. The second-order valence-corrected chi connectivity index (χ2v) is 6.60. The molecule has 0 aliphatic heterocycles. The van der Waals surface area contributed by atoms with Crippen LogP contribution in [0.1, 0.15) is 12.3 Å². The van der Waals surface area contributed by atoms with E-state index in [2.05, 4.69) is 15.5 Å². The highest BCUT2D eigenvalue weighted by atomic mass is 32.2. The molecule has 1 amide bonds. The van der Waals surface area contributed by atoms with Crippen molar-refractivity contribution in [1.29, 1.82) is 0 Å². The first kappa shape index (κ1) is 18.0. The van der Waals surface area contributed by atoms with Gasteiger partial charge in [0.05, 0.1) is 13.7 Å². The number of ether oxygens (including phenoxy) is 1. The average molecular weight is 369 g/mol. The van der Waals surface area contributed by atoms with Crippen molar-refractivity contribution in [2.45, 2.75) is 17.9 Å². The number of methoxy groups -OCH3 is 1. The SMILES string of the molecule is COc1ccc(-c2noc(CNC(=O)CCSc3ccccc3)n2)cc1. The van der Waals surface area contributed by atoms with Gasteiger partial charge in [-0.15, -0.1) is 11.8 Å². The number of benzene rings is 2. The molecule has 2 aromatic carbocycles. The quantitative estimate of drug-likeness (QED) is 0.612. The number of thioether (sulfide) groups is 1. The van der Waals surface area contributed by atoms with E-state index in [1.165, 1.54) is 0 Å². The van der Waals surface area contributed by atoms with Gasteiger partial charge in [0.25, 0.3) is 0 Å². The highest BCUT2D eigenvalue weighted by Crippen LogP contribution is 2.20. The number of amides is 1. The standard InChI is InChI=1S/C19H19N3O3S/c1-24-15-9-7-14(8-10-15)19-21-18(25-22-19)13-20-17(23)11-12-26-16-5-3-2-4-6-16/h2-10H,11-13H2,1H3,(H,20,23). The highest BCUT2D eigenvalue weighted by molar-refractivity contribution is 7.99. The molecule has 0 radical (unpaired) electrons. The van der Waals surface area contributed by atoms with Crippen LogP contribution in [0.25, 0.3) is 11.4 Å². The van der Waals surface area contributed by atoms with Gasteiger partial charge in [-0.25, -0.2) is 0 Å². The summed E-state index contributed by atoms with van der Waals surface area (Å²) in [6.07, 6.45) is 0.430. The van der Waals surface area contributed by atoms with Gasteiger partial charge < -0.3 is 14.6 Å². The number of nitrogens with one attached hydrogen (secondary N) is 1. The van der Waals surface area contributed by atoms with Crippen LogP contribution in [0.5, 0.6) is 5.75 Å². The minimum absolute atomic E-state index is 0.0439. The molecule has 3 aromatic rings. The lowest BCUT2D eigenvalue weighted by Crippen LogP contribution is -2.23. The van der Waals surface area contributed by atoms with Gasteiger partial charge in [-0.2, -0.15) is 4.98 Å². The number of rotatable bonds is 8. The second-order valence-electron chi connectivity index (χ2n) is 5.43. The topological polar surface area (TPSA) is 77.3 Å². The number of hydrogen-bond donors (Lipinski definition) is 1. The van der Waals surface area contributed by atoms with Gasteiger partial charge in [-0.3, -0.25) is 4.79 Å². The summed E-state index contributed by atoms with van der Waals surface area (Å²) in [5.41, 5.74) is 0.825. The summed E-state index contributed by atoms with van der Waals surface area (Å²) < 4.78 is 10.3. The van der Waals surface area contributed by atoms with E-state index in [4.69, 9.17) is 9.26 Å². The van der Waals surface area contributed by atoms with Crippen LogP contribution in [0.4, 0.5) is 0 Å². The first-order valence-electron chi connectivity index (χ1n) is 8.16. The maximum atomic E-state index is 11.9. The van der Waals surface area contributed by atoms with Crippen molar-refractivity contribution < 1.29 is 14.1 Å². The number of carbonyl (C=O) groups excluding carboxylic acids is 1. The van der Waals surface area contributed by atoms with Crippen LogP contribution in [-0.2, 0) is 11.3 Å². The molecule has 1 heterocycles. The van der Waals surface area contributed by atoms with Crippen LogP contribution in [-0.4, -0.2) is 28.9 Å². The summed E-state index contributed by atoms with van der Waals surface area (Å²) in [6, 6.07) is 17.4. The van der Waals surface area contributed by atoms with Gasteiger partial charge in [-0.1, -0.05) is 23.4 Å². The molecule has 0 saturated heterocycles. The van der Waals surface area contributed by atoms with Gasteiger partial charge >= 0.3 is 0 Å². The molecular formula is C19H19N3O3S. The monoisotopic (exact) mass is 369 g/mol. The van der Waals surface area contributed by atoms with Gasteiger partial charge in [0.2, 0.25) is 17.6 Å². The molecule has 0 atom stereocenters. The molecule has 0 bridgehead atoms. The van der Waals surface area contributed by atoms with E-state index in [1.54, 1.807) is 18.9 Å². The van der Waals surface area contributed by atoms with E-state index in [1.807, 2.05) is 54.6 Å². The fourth-order valence-corrected chi connectivity index (χ4v) is 3.10. The Morgan fingerprint density at radius 2 is 1.92 bits per heavy atom. The molecule has 0 saturated carbocycles. The van der Waals surface area contributed by atoms with Crippen molar-refractivity contribution in [3.8, 4) is 17.1 Å². The number of aromatic nitrogens is 2. The molecular weight excluding hydrogens is 350 g/mol. The minimum atomic E-state index is -0.0439. The molecule has 3 rings (SSSR count). The van der Waals surface area contributed by atoms with Crippen LogP contribution < -0.4 is 10.1 Å². The average Bonchev–Trinajstić information content (AvgIpc) is 3.16. The zero-order chi connectivity index (χ0) is 18.2. The normalized spacial score (nSPS) is 10.5. The van der Waals surface area contributed by atoms with Crippen molar-refractivity contribution in [1.82, 2.24) is 15.5 Å². The predicted molar refractivity (Wildman–Crippen MR) is 99.9 cm³/mol. The van der Waals surface area contributed by atoms with E-state index in [0.29, 0.717) is 18.1 Å². The third kappa shape index (κ3) is 5.10. The Bertz CT molecular complexity index is 835. The first-order chi connectivity index (χ1) is 12.7. The maximum absolute atomic E-state index is 11.9. The van der Waals surface area contributed by atoms with Crippen LogP contribution in [0.2, 0.25) is 0 Å². The molecule has 26 heavy (non-hydrogen) atoms. The Hall–Kier alpha value is -2.80. The van der Waals surface area contributed by atoms with E-state index < -0.39 is 0 Å².